The fourth-order valence-corrected chi connectivity index (χ4v) is 2.30. The lowest BCUT2D eigenvalue weighted by Gasteiger charge is -2.09. The van der Waals surface area contributed by atoms with E-state index in [2.05, 4.69) is 36.3 Å². The molecule has 0 saturated heterocycles. The Morgan fingerprint density at radius 1 is 1.17 bits per heavy atom. The average Bonchev–Trinajstić information content (AvgIpc) is 2.85. The van der Waals surface area contributed by atoms with Gasteiger partial charge in [0, 0.05) is 6.07 Å². The molecule has 2 aromatic heterocycles. The number of aromatic nitrogens is 4. The first-order chi connectivity index (χ1) is 11.0. The highest BCUT2D eigenvalue weighted by Gasteiger charge is 2.15. The second kappa shape index (κ2) is 5.99. The minimum absolute atomic E-state index is 0.0695. The summed E-state index contributed by atoms with van der Waals surface area (Å²) in [6.07, 6.45) is 2.51. The number of nitrogens with one attached hydrogen (secondary N) is 1. The number of benzene rings is 1. The Morgan fingerprint density at radius 2 is 1.96 bits per heavy atom. The van der Waals surface area contributed by atoms with Gasteiger partial charge in [-0.05, 0) is 35.0 Å². The first kappa shape index (κ1) is 15.5. The first-order valence-corrected chi connectivity index (χ1v) is 7.19. The number of halogens is 4. The van der Waals surface area contributed by atoms with Crippen molar-refractivity contribution in [1.82, 2.24) is 19.7 Å². The largest absolute Gasteiger partial charge is 0.336 e. The maximum absolute atomic E-state index is 13.9. The lowest BCUT2D eigenvalue weighted by atomic mass is 10.3. The molecule has 118 valence electrons. The zero-order chi connectivity index (χ0) is 16.6. The SMILES string of the molecule is Cc1c(Nc2ncnc(F)c2Br)cnn1-c1ccc(F)cc1F. The van der Waals surface area contributed by atoms with Crippen molar-refractivity contribution < 1.29 is 13.2 Å². The van der Waals surface area contributed by atoms with E-state index in [-0.39, 0.29) is 16.0 Å². The van der Waals surface area contributed by atoms with Gasteiger partial charge < -0.3 is 5.32 Å². The molecular weight excluding hydrogens is 375 g/mol. The van der Waals surface area contributed by atoms with Gasteiger partial charge in [0.25, 0.3) is 0 Å². The van der Waals surface area contributed by atoms with Crippen LogP contribution in [0.2, 0.25) is 0 Å². The third kappa shape index (κ3) is 2.91. The highest BCUT2D eigenvalue weighted by molar-refractivity contribution is 9.10. The van der Waals surface area contributed by atoms with E-state index in [9.17, 15) is 13.2 Å². The van der Waals surface area contributed by atoms with Crippen molar-refractivity contribution in [2.45, 2.75) is 6.92 Å². The van der Waals surface area contributed by atoms with E-state index < -0.39 is 17.6 Å². The summed E-state index contributed by atoms with van der Waals surface area (Å²) in [6.45, 7) is 1.68. The second-order valence-electron chi connectivity index (χ2n) is 4.60. The summed E-state index contributed by atoms with van der Waals surface area (Å²) >= 11 is 3.04. The van der Waals surface area contributed by atoms with Crippen LogP contribution >= 0.6 is 15.9 Å². The van der Waals surface area contributed by atoms with E-state index in [1.165, 1.54) is 16.9 Å². The standard InChI is InChI=1S/C14H9BrF3N5/c1-7-10(22-14-12(15)13(18)19-6-20-14)5-21-23(7)11-3-2-8(16)4-9(11)17/h2-6H,1H3,(H,19,20,22). The second-order valence-corrected chi connectivity index (χ2v) is 5.40. The van der Waals surface area contributed by atoms with Crippen LogP contribution in [-0.4, -0.2) is 19.7 Å². The Hall–Kier alpha value is -2.42. The van der Waals surface area contributed by atoms with Gasteiger partial charge in [0.05, 0.1) is 17.6 Å². The number of rotatable bonds is 3. The van der Waals surface area contributed by atoms with E-state index in [1.807, 2.05) is 0 Å². The quantitative estimate of drug-likeness (QED) is 0.697. The van der Waals surface area contributed by atoms with Crippen LogP contribution in [-0.2, 0) is 0 Å². The summed E-state index contributed by atoms with van der Waals surface area (Å²) in [5, 5.41) is 6.95. The van der Waals surface area contributed by atoms with Crippen LogP contribution in [0, 0.1) is 24.5 Å². The summed E-state index contributed by atoms with van der Waals surface area (Å²) in [6, 6.07) is 3.21. The molecule has 0 unspecified atom stereocenters. The zero-order valence-electron chi connectivity index (χ0n) is 11.7. The fourth-order valence-electron chi connectivity index (χ4n) is 1.99. The average molecular weight is 384 g/mol. The lowest BCUT2D eigenvalue weighted by Crippen LogP contribution is -2.03. The molecule has 0 bridgehead atoms. The van der Waals surface area contributed by atoms with Crippen molar-refractivity contribution in [2.24, 2.45) is 0 Å². The van der Waals surface area contributed by atoms with Crippen molar-refractivity contribution in [2.75, 3.05) is 5.32 Å². The van der Waals surface area contributed by atoms with E-state index >= 15 is 0 Å². The molecule has 5 nitrogen and oxygen atoms in total. The Labute approximate surface area is 137 Å². The Kier molecular flexibility index (Phi) is 4.03. The molecule has 0 spiro atoms. The summed E-state index contributed by atoms with van der Waals surface area (Å²) in [5.74, 6) is -1.91. The first-order valence-electron chi connectivity index (χ1n) is 6.40. The van der Waals surface area contributed by atoms with Gasteiger partial charge in [-0.15, -0.1) is 0 Å². The minimum Gasteiger partial charge on any atom is -0.336 e. The van der Waals surface area contributed by atoms with Crippen LogP contribution in [0.15, 0.2) is 35.2 Å². The van der Waals surface area contributed by atoms with Crippen LogP contribution in [0.5, 0.6) is 0 Å². The maximum Gasteiger partial charge on any atom is 0.232 e. The molecule has 0 aliphatic heterocycles. The van der Waals surface area contributed by atoms with Crippen LogP contribution in [0.4, 0.5) is 24.7 Å². The Bertz CT molecular complexity index is 881. The number of hydrogen-bond acceptors (Lipinski definition) is 4. The molecule has 0 atom stereocenters. The molecule has 0 radical (unpaired) electrons. The van der Waals surface area contributed by atoms with Gasteiger partial charge in [-0.2, -0.15) is 9.49 Å². The smallest absolute Gasteiger partial charge is 0.232 e. The lowest BCUT2D eigenvalue weighted by molar-refractivity contribution is 0.572. The predicted octanol–water partition coefficient (Wildman–Crippen LogP) is 3.89. The maximum atomic E-state index is 13.9. The highest BCUT2D eigenvalue weighted by atomic mass is 79.9. The molecule has 3 rings (SSSR count). The van der Waals surface area contributed by atoms with Gasteiger partial charge in [-0.25, -0.2) is 23.4 Å². The third-order valence-corrected chi connectivity index (χ3v) is 3.85. The van der Waals surface area contributed by atoms with Gasteiger partial charge in [0.15, 0.2) is 11.6 Å². The topological polar surface area (TPSA) is 55.6 Å². The molecule has 0 fully saturated rings. The summed E-state index contributed by atoms with van der Waals surface area (Å²) in [5.41, 5.74) is 1.14. The molecule has 1 aromatic carbocycles. The van der Waals surface area contributed by atoms with Crippen LogP contribution in [0.25, 0.3) is 5.69 Å². The minimum atomic E-state index is -0.739. The molecule has 0 saturated carbocycles. The molecule has 0 aliphatic carbocycles. The normalized spacial score (nSPS) is 10.8. The molecule has 3 aromatic rings. The monoisotopic (exact) mass is 383 g/mol. The van der Waals surface area contributed by atoms with Crippen LogP contribution in [0.3, 0.4) is 0 Å². The predicted molar refractivity (Wildman–Crippen MR) is 81.2 cm³/mol. The zero-order valence-corrected chi connectivity index (χ0v) is 13.3. The van der Waals surface area contributed by atoms with Gasteiger partial charge in [-0.3, -0.25) is 0 Å². The van der Waals surface area contributed by atoms with E-state index in [4.69, 9.17) is 0 Å². The van der Waals surface area contributed by atoms with E-state index in [0.717, 1.165) is 18.5 Å². The van der Waals surface area contributed by atoms with Gasteiger partial charge in [0.2, 0.25) is 5.95 Å². The summed E-state index contributed by atoms with van der Waals surface area (Å²) in [7, 11) is 0. The molecule has 2 heterocycles. The van der Waals surface area contributed by atoms with Crippen LogP contribution < -0.4 is 5.32 Å². The number of nitrogens with zero attached hydrogens (tertiary/aromatic N) is 4. The Balaban J connectivity index is 1.98. The van der Waals surface area contributed by atoms with Crippen molar-refractivity contribution in [3.63, 3.8) is 0 Å². The van der Waals surface area contributed by atoms with Crippen molar-refractivity contribution >= 4 is 27.4 Å². The highest BCUT2D eigenvalue weighted by Crippen LogP contribution is 2.27. The molecular formula is C14H9BrF3N5. The molecule has 0 aliphatic rings. The van der Waals surface area contributed by atoms with E-state index in [1.54, 1.807) is 6.92 Å². The number of hydrogen-bond donors (Lipinski definition) is 1. The van der Waals surface area contributed by atoms with Gasteiger partial charge in [-0.1, -0.05) is 0 Å². The Morgan fingerprint density at radius 3 is 2.70 bits per heavy atom. The van der Waals surface area contributed by atoms with E-state index in [0.29, 0.717) is 11.4 Å². The fraction of sp³-hybridized carbons (Fsp3) is 0.0714. The molecule has 0 amide bonds. The molecule has 1 N–H and O–H groups in total. The number of anilines is 2. The molecule has 9 heteroatoms. The van der Waals surface area contributed by atoms with Crippen molar-refractivity contribution in [3.8, 4) is 5.69 Å². The third-order valence-electron chi connectivity index (χ3n) is 3.15. The summed E-state index contributed by atoms with van der Waals surface area (Å²) in [4.78, 5) is 7.32. The molecule has 23 heavy (non-hydrogen) atoms. The van der Waals surface area contributed by atoms with Gasteiger partial charge in [0.1, 0.15) is 22.3 Å². The van der Waals surface area contributed by atoms with Gasteiger partial charge >= 0.3 is 0 Å². The summed E-state index contributed by atoms with van der Waals surface area (Å²) < 4.78 is 41.6. The van der Waals surface area contributed by atoms with Crippen molar-refractivity contribution in [1.29, 1.82) is 0 Å². The van der Waals surface area contributed by atoms with Crippen LogP contribution in [0.1, 0.15) is 5.69 Å². The van der Waals surface area contributed by atoms with Crippen molar-refractivity contribution in [3.05, 3.63) is 58.5 Å².